The lowest BCUT2D eigenvalue weighted by atomic mass is 10.1. The van der Waals surface area contributed by atoms with Crippen LogP contribution in [0.3, 0.4) is 0 Å². The Balaban J connectivity index is 2.00. The average molecular weight is 223 g/mol. The first kappa shape index (κ1) is 11.2. The van der Waals surface area contributed by atoms with Gasteiger partial charge in [-0.05, 0) is 37.3 Å². The van der Waals surface area contributed by atoms with E-state index < -0.39 is 0 Å². The fourth-order valence-corrected chi connectivity index (χ4v) is 2.18. The highest BCUT2D eigenvalue weighted by molar-refractivity contribution is 5.54. The van der Waals surface area contributed by atoms with Gasteiger partial charge in [0.15, 0.2) is 0 Å². The van der Waals surface area contributed by atoms with Crippen LogP contribution in [-0.4, -0.2) is 6.61 Å². The van der Waals surface area contributed by atoms with E-state index in [2.05, 4.69) is 0 Å². The number of halogens is 1. The molecule has 0 heterocycles. The summed E-state index contributed by atoms with van der Waals surface area (Å²) in [7, 11) is 0. The smallest absolute Gasteiger partial charge is 0.142 e. The molecule has 2 N–H and O–H groups in total. The molecular formula is C13H18FNO. The maximum Gasteiger partial charge on any atom is 0.142 e. The van der Waals surface area contributed by atoms with E-state index in [1.165, 1.54) is 31.7 Å². The molecule has 2 nitrogen and oxygen atoms in total. The van der Waals surface area contributed by atoms with Crippen molar-refractivity contribution in [1.29, 1.82) is 0 Å². The van der Waals surface area contributed by atoms with Gasteiger partial charge in [0.1, 0.15) is 11.6 Å². The highest BCUT2D eigenvalue weighted by atomic mass is 19.1. The number of rotatable bonds is 3. The van der Waals surface area contributed by atoms with Crippen LogP contribution in [0.1, 0.15) is 31.2 Å². The predicted octanol–water partition coefficient (Wildman–Crippen LogP) is 3.29. The largest absolute Gasteiger partial charge is 0.491 e. The molecule has 1 aliphatic carbocycles. The van der Waals surface area contributed by atoms with Crippen molar-refractivity contribution in [1.82, 2.24) is 0 Å². The Morgan fingerprint density at radius 2 is 2.06 bits per heavy atom. The number of nitrogens with two attached hydrogens (primary N) is 1. The van der Waals surface area contributed by atoms with Crippen LogP contribution in [0.4, 0.5) is 10.1 Å². The summed E-state index contributed by atoms with van der Waals surface area (Å²) in [4.78, 5) is 0. The Morgan fingerprint density at radius 1 is 1.38 bits per heavy atom. The quantitative estimate of drug-likeness (QED) is 0.798. The van der Waals surface area contributed by atoms with E-state index in [4.69, 9.17) is 10.5 Å². The lowest BCUT2D eigenvalue weighted by molar-refractivity contribution is 0.253. The summed E-state index contributed by atoms with van der Waals surface area (Å²) in [5.74, 6) is 0.987. The van der Waals surface area contributed by atoms with Crippen LogP contribution in [0.15, 0.2) is 12.1 Å². The molecule has 0 bridgehead atoms. The van der Waals surface area contributed by atoms with Crippen LogP contribution in [0.25, 0.3) is 0 Å². The molecule has 1 aromatic rings. The number of hydrogen-bond donors (Lipinski definition) is 1. The van der Waals surface area contributed by atoms with Crippen LogP contribution < -0.4 is 10.5 Å². The van der Waals surface area contributed by atoms with Gasteiger partial charge in [-0.25, -0.2) is 4.39 Å². The molecule has 1 saturated carbocycles. The summed E-state index contributed by atoms with van der Waals surface area (Å²) in [5.41, 5.74) is 6.68. The Hall–Kier alpha value is -1.25. The number of ether oxygens (including phenoxy) is 1. The zero-order valence-corrected chi connectivity index (χ0v) is 9.63. The van der Waals surface area contributed by atoms with E-state index in [0.29, 0.717) is 29.5 Å². The standard InChI is InChI=1S/C13H18FNO/c1-9-6-13(12(15)7-11(9)14)16-8-10-4-2-3-5-10/h6-7,10H,2-5,8,15H2,1H3. The zero-order valence-electron chi connectivity index (χ0n) is 9.63. The Labute approximate surface area is 95.6 Å². The predicted molar refractivity (Wildman–Crippen MR) is 63.0 cm³/mol. The molecule has 88 valence electrons. The van der Waals surface area contributed by atoms with E-state index >= 15 is 0 Å². The Bertz CT molecular complexity index is 372. The molecule has 3 heteroatoms. The maximum atomic E-state index is 13.2. The van der Waals surface area contributed by atoms with Crippen molar-refractivity contribution in [3.63, 3.8) is 0 Å². The molecule has 0 spiro atoms. The number of nitrogen functional groups attached to an aromatic ring is 1. The molecule has 1 aromatic carbocycles. The van der Waals surface area contributed by atoms with Gasteiger partial charge in [0.05, 0.1) is 12.3 Å². The highest BCUT2D eigenvalue weighted by Gasteiger charge is 2.16. The van der Waals surface area contributed by atoms with E-state index in [9.17, 15) is 4.39 Å². The summed E-state index contributed by atoms with van der Waals surface area (Å²) in [6.45, 7) is 2.42. The maximum absolute atomic E-state index is 13.2. The third kappa shape index (κ3) is 2.46. The minimum absolute atomic E-state index is 0.272. The van der Waals surface area contributed by atoms with Crippen LogP contribution in [0.2, 0.25) is 0 Å². The fourth-order valence-electron chi connectivity index (χ4n) is 2.18. The molecule has 0 atom stereocenters. The normalized spacial score (nSPS) is 16.6. The van der Waals surface area contributed by atoms with Gasteiger partial charge in [-0.2, -0.15) is 0 Å². The van der Waals surface area contributed by atoms with E-state index in [1.54, 1.807) is 13.0 Å². The van der Waals surface area contributed by atoms with Crippen LogP contribution in [0.5, 0.6) is 5.75 Å². The van der Waals surface area contributed by atoms with Crippen molar-refractivity contribution in [2.75, 3.05) is 12.3 Å². The third-order valence-corrected chi connectivity index (χ3v) is 3.24. The van der Waals surface area contributed by atoms with Crippen LogP contribution in [0, 0.1) is 18.7 Å². The average Bonchev–Trinajstić information content (AvgIpc) is 2.74. The highest BCUT2D eigenvalue weighted by Crippen LogP contribution is 2.29. The van der Waals surface area contributed by atoms with Gasteiger partial charge in [0, 0.05) is 6.07 Å². The van der Waals surface area contributed by atoms with Crippen LogP contribution in [-0.2, 0) is 0 Å². The summed E-state index contributed by atoms with van der Waals surface area (Å²) in [6, 6.07) is 3.01. The van der Waals surface area contributed by atoms with Crippen molar-refractivity contribution in [2.24, 2.45) is 5.92 Å². The van der Waals surface area contributed by atoms with E-state index in [1.807, 2.05) is 0 Å². The molecular weight excluding hydrogens is 205 g/mol. The van der Waals surface area contributed by atoms with E-state index in [-0.39, 0.29) is 5.82 Å². The van der Waals surface area contributed by atoms with Gasteiger partial charge < -0.3 is 10.5 Å². The summed E-state index contributed by atoms with van der Waals surface area (Å²) in [6.07, 6.45) is 5.07. The summed E-state index contributed by atoms with van der Waals surface area (Å²) >= 11 is 0. The summed E-state index contributed by atoms with van der Waals surface area (Å²) < 4.78 is 18.8. The van der Waals surface area contributed by atoms with Crippen molar-refractivity contribution in [2.45, 2.75) is 32.6 Å². The molecule has 0 unspecified atom stereocenters. The molecule has 0 aliphatic heterocycles. The minimum Gasteiger partial charge on any atom is -0.491 e. The number of aryl methyl sites for hydroxylation is 1. The van der Waals surface area contributed by atoms with Crippen LogP contribution >= 0.6 is 0 Å². The first-order valence-corrected chi connectivity index (χ1v) is 5.85. The second-order valence-corrected chi connectivity index (χ2v) is 4.60. The topological polar surface area (TPSA) is 35.2 Å². The van der Waals surface area contributed by atoms with Crippen molar-refractivity contribution < 1.29 is 9.13 Å². The molecule has 1 aliphatic rings. The second-order valence-electron chi connectivity index (χ2n) is 4.60. The Morgan fingerprint density at radius 3 is 2.75 bits per heavy atom. The molecule has 0 saturated heterocycles. The van der Waals surface area contributed by atoms with Gasteiger partial charge in [0.25, 0.3) is 0 Å². The van der Waals surface area contributed by atoms with Crippen molar-refractivity contribution >= 4 is 5.69 Å². The fraction of sp³-hybridized carbons (Fsp3) is 0.538. The number of hydrogen-bond acceptors (Lipinski definition) is 2. The molecule has 2 rings (SSSR count). The van der Waals surface area contributed by atoms with Crippen molar-refractivity contribution in [3.8, 4) is 5.75 Å². The molecule has 0 aromatic heterocycles. The van der Waals surface area contributed by atoms with Crippen molar-refractivity contribution in [3.05, 3.63) is 23.5 Å². The van der Waals surface area contributed by atoms with Gasteiger partial charge in [0.2, 0.25) is 0 Å². The molecule has 16 heavy (non-hydrogen) atoms. The molecule has 0 amide bonds. The first-order valence-electron chi connectivity index (χ1n) is 5.85. The summed E-state index contributed by atoms with van der Waals surface area (Å²) in [5, 5.41) is 0. The third-order valence-electron chi connectivity index (χ3n) is 3.24. The van der Waals surface area contributed by atoms with Gasteiger partial charge in [-0.1, -0.05) is 12.8 Å². The lowest BCUT2D eigenvalue weighted by Crippen LogP contribution is -2.09. The SMILES string of the molecule is Cc1cc(OCC2CCCC2)c(N)cc1F. The molecule has 1 fully saturated rings. The lowest BCUT2D eigenvalue weighted by Gasteiger charge is -2.13. The second kappa shape index (κ2) is 4.73. The molecule has 0 radical (unpaired) electrons. The monoisotopic (exact) mass is 223 g/mol. The number of anilines is 1. The van der Waals surface area contributed by atoms with Gasteiger partial charge in [-0.15, -0.1) is 0 Å². The van der Waals surface area contributed by atoms with Gasteiger partial charge in [-0.3, -0.25) is 0 Å². The Kier molecular flexibility index (Phi) is 3.32. The minimum atomic E-state index is -0.272. The zero-order chi connectivity index (χ0) is 11.5. The van der Waals surface area contributed by atoms with E-state index in [0.717, 1.165) is 0 Å². The van der Waals surface area contributed by atoms with Gasteiger partial charge >= 0.3 is 0 Å². The first-order chi connectivity index (χ1) is 7.66. The number of benzene rings is 1.